The number of esters is 4. The first kappa shape index (κ1) is 53.6. The fourth-order valence-electron chi connectivity index (χ4n) is 10.0. The number of aliphatic hydroxyl groups excluding tert-OH is 2. The highest BCUT2D eigenvalue weighted by Gasteiger charge is 2.78. The van der Waals surface area contributed by atoms with Crippen LogP contribution in [0.3, 0.4) is 0 Å². The van der Waals surface area contributed by atoms with E-state index in [4.69, 9.17) is 37.9 Å². The molecule has 1 aliphatic heterocycles. The number of carbonyl (C=O) groups excluding carboxylic acids is 6. The zero-order valence-corrected chi connectivity index (χ0v) is 42.0. The second-order valence-electron chi connectivity index (χ2n) is 19.4. The number of ketones is 1. The van der Waals surface area contributed by atoms with Crippen LogP contribution in [0, 0.1) is 16.7 Å². The van der Waals surface area contributed by atoms with Crippen molar-refractivity contribution in [3.8, 4) is 11.5 Å². The molecule has 1 aromatic rings. The van der Waals surface area contributed by atoms with Crippen LogP contribution in [0.1, 0.15) is 98.9 Å². The molecule has 2 bridgehead atoms. The number of hydrogen-bond acceptors (Lipinski definition) is 19. The molecular formula is C47H65NO17S2. The third-order valence-corrected chi connectivity index (χ3v) is 15.1. The molecule has 1 amide bonds. The number of rotatable bonds is 15. The predicted molar refractivity (Wildman–Crippen MR) is 245 cm³/mol. The van der Waals surface area contributed by atoms with Crippen LogP contribution in [0.5, 0.6) is 11.5 Å². The van der Waals surface area contributed by atoms with E-state index in [9.17, 15) is 39.3 Å². The van der Waals surface area contributed by atoms with Gasteiger partial charge in [-0.15, -0.1) is 0 Å². The lowest BCUT2D eigenvalue weighted by Gasteiger charge is -2.67. The van der Waals surface area contributed by atoms with Crippen molar-refractivity contribution in [3.63, 3.8) is 0 Å². The summed E-state index contributed by atoms with van der Waals surface area (Å²) in [7, 11) is 5.50. The smallest absolute Gasteiger partial charge is 0.408 e. The van der Waals surface area contributed by atoms with Crippen molar-refractivity contribution >= 4 is 57.3 Å². The second-order valence-corrected chi connectivity index (χ2v) is 22.0. The molecule has 18 nitrogen and oxygen atoms in total. The molecular weight excluding hydrogens is 915 g/mol. The molecule has 1 heterocycles. The van der Waals surface area contributed by atoms with Crippen molar-refractivity contribution in [2.24, 2.45) is 16.7 Å². The molecule has 1 unspecified atom stereocenters. The molecule has 0 radical (unpaired) electrons. The molecule has 1 saturated heterocycles. The number of amides is 1. The van der Waals surface area contributed by atoms with Gasteiger partial charge in [0.05, 0.1) is 50.7 Å². The summed E-state index contributed by atoms with van der Waals surface area (Å²) in [5.41, 5.74) is -8.57. The minimum Gasteiger partial charge on any atom is -0.497 e. The van der Waals surface area contributed by atoms with Gasteiger partial charge in [0.25, 0.3) is 0 Å². The molecule has 4 N–H and O–H groups in total. The number of carbonyl (C=O) groups is 6. The first-order valence-electron chi connectivity index (χ1n) is 21.9. The molecule has 1 aromatic carbocycles. The lowest BCUT2D eigenvalue weighted by Crippen LogP contribution is -2.82. The van der Waals surface area contributed by atoms with Gasteiger partial charge < -0.3 is 58.5 Å². The van der Waals surface area contributed by atoms with Gasteiger partial charge in [-0.05, 0) is 84.1 Å². The Labute approximate surface area is 398 Å². The first-order chi connectivity index (χ1) is 31.1. The van der Waals surface area contributed by atoms with Crippen molar-refractivity contribution < 1.29 is 82.0 Å². The van der Waals surface area contributed by atoms with E-state index >= 15 is 4.79 Å². The van der Waals surface area contributed by atoms with Gasteiger partial charge in [0.1, 0.15) is 46.6 Å². The fourth-order valence-corrected chi connectivity index (χ4v) is 11.2. The number of aliphatic hydroxyl groups is 3. The highest BCUT2D eigenvalue weighted by atomic mass is 33.1. The van der Waals surface area contributed by atoms with Crippen LogP contribution in [-0.4, -0.2) is 143 Å². The second kappa shape index (κ2) is 20.3. The number of benzene rings is 1. The Kier molecular flexibility index (Phi) is 16.3. The Bertz CT molecular complexity index is 2160. The van der Waals surface area contributed by atoms with Gasteiger partial charge in [0.15, 0.2) is 23.6 Å². The van der Waals surface area contributed by atoms with Crippen molar-refractivity contribution in [2.45, 2.75) is 148 Å². The van der Waals surface area contributed by atoms with E-state index in [1.54, 1.807) is 54.5 Å². The average molecular weight is 980 g/mol. The van der Waals surface area contributed by atoms with Gasteiger partial charge in [0, 0.05) is 30.9 Å². The maximum atomic E-state index is 15.9. The molecule has 372 valence electrons. The zero-order chi connectivity index (χ0) is 50.2. The van der Waals surface area contributed by atoms with Crippen LogP contribution in [0.2, 0.25) is 0 Å². The molecule has 4 aliphatic rings. The molecule has 20 heteroatoms. The Morgan fingerprint density at radius 2 is 1.70 bits per heavy atom. The standard InChI is InChI=1S/C47H65NO17S2/c1-23(2)18-28(48-42(56)65-43(5,6)7)35(52)41(55)61-30-21-47(57)39(63-40(54)27-19-26(58-11)14-15-29(27)59-12)37-45(10,31(50)20-32-46(37,22-60-32)64-25(4)49)38(53)36(34(24(30)3)44(47,8)9)62-33(51)16-17-67-66-13/h14-15,18-19,28,30-32,35-37,39,50,52,57H,16-17,20-22H2,1-13H3,(H,48,56)/t28-,30-,31-,32+,35+,36+,37?,39-,45+,46-,47+/m0/s1. The van der Waals surface area contributed by atoms with Gasteiger partial charge >= 0.3 is 30.0 Å². The lowest BCUT2D eigenvalue weighted by molar-refractivity contribution is -0.346. The minimum absolute atomic E-state index is 0.0301. The highest BCUT2D eigenvalue weighted by Crippen LogP contribution is 2.64. The van der Waals surface area contributed by atoms with E-state index in [0.29, 0.717) is 11.3 Å². The van der Waals surface area contributed by atoms with Crippen molar-refractivity contribution in [3.05, 3.63) is 46.6 Å². The molecule has 2 saturated carbocycles. The van der Waals surface area contributed by atoms with Gasteiger partial charge in [-0.25, -0.2) is 14.4 Å². The summed E-state index contributed by atoms with van der Waals surface area (Å²) in [4.78, 5) is 84.9. The van der Waals surface area contributed by atoms with E-state index in [0.717, 1.165) is 6.92 Å². The van der Waals surface area contributed by atoms with Crippen molar-refractivity contribution in [1.29, 1.82) is 0 Å². The van der Waals surface area contributed by atoms with Gasteiger partial charge in [-0.2, -0.15) is 0 Å². The third-order valence-electron chi connectivity index (χ3n) is 13.3. The normalized spacial score (nSPS) is 30.5. The highest BCUT2D eigenvalue weighted by molar-refractivity contribution is 8.76. The number of ether oxygens (including phenoxy) is 8. The van der Waals surface area contributed by atoms with Crippen LogP contribution in [-0.2, 0) is 47.6 Å². The van der Waals surface area contributed by atoms with Crippen LogP contribution in [0.4, 0.5) is 4.79 Å². The number of allylic oxidation sites excluding steroid dienone is 1. The third kappa shape index (κ3) is 10.3. The summed E-state index contributed by atoms with van der Waals surface area (Å²) in [6, 6.07) is 2.97. The molecule has 0 aromatic heterocycles. The Hall–Kier alpha value is -4.34. The van der Waals surface area contributed by atoms with E-state index in [2.05, 4.69) is 5.32 Å². The van der Waals surface area contributed by atoms with Gasteiger partial charge in [-0.1, -0.05) is 47.1 Å². The van der Waals surface area contributed by atoms with Crippen LogP contribution >= 0.6 is 21.6 Å². The number of nitrogens with one attached hydrogen (secondary N) is 1. The predicted octanol–water partition coefficient (Wildman–Crippen LogP) is 4.82. The van der Waals surface area contributed by atoms with E-state index in [1.165, 1.54) is 67.9 Å². The maximum absolute atomic E-state index is 15.9. The number of methoxy groups -OCH3 is 2. The van der Waals surface area contributed by atoms with E-state index in [-0.39, 0.29) is 47.7 Å². The summed E-state index contributed by atoms with van der Waals surface area (Å²) in [5.74, 6) is -5.91. The first-order valence-corrected chi connectivity index (χ1v) is 24.6. The Morgan fingerprint density at radius 1 is 1.03 bits per heavy atom. The summed E-state index contributed by atoms with van der Waals surface area (Å²) in [6.45, 7) is 15.1. The number of fused-ring (bicyclic) bond motifs is 5. The molecule has 3 aliphatic carbocycles. The number of Topliss-reactive ketones (excluding diaryl/α,β-unsaturated/α-hetero) is 1. The molecule has 11 atom stereocenters. The minimum atomic E-state index is -2.48. The van der Waals surface area contributed by atoms with Crippen molar-refractivity contribution in [2.75, 3.05) is 32.8 Å². The fraction of sp³-hybridized carbons (Fsp3) is 0.660. The van der Waals surface area contributed by atoms with Crippen LogP contribution in [0.25, 0.3) is 0 Å². The van der Waals surface area contributed by atoms with Crippen LogP contribution in [0.15, 0.2) is 41.0 Å². The van der Waals surface area contributed by atoms with Gasteiger partial charge in [0.2, 0.25) is 0 Å². The zero-order valence-electron chi connectivity index (χ0n) is 40.3. The quantitative estimate of drug-likeness (QED) is 0.0605. The summed E-state index contributed by atoms with van der Waals surface area (Å²) in [6.07, 6.45) is -8.79. The SMILES string of the molecule is COc1ccc(OC)c(C(=O)O[C@H]2C3[C@](C)(C(=O)[C@H](OC(=O)CCSSC)C4=C(C)[C@@H](OC(=O)[C@H](O)[C@H](C=C(C)C)NC(=O)OC(C)(C)C)C[C@]2(O)C4(C)C)[C@@H](O)C[C@H]2OC[C@@]32OC(C)=O)c1. The van der Waals surface area contributed by atoms with Crippen LogP contribution < -0.4 is 14.8 Å². The van der Waals surface area contributed by atoms with E-state index in [1.807, 2.05) is 6.26 Å². The van der Waals surface area contributed by atoms with Crippen molar-refractivity contribution in [1.82, 2.24) is 5.32 Å². The maximum Gasteiger partial charge on any atom is 0.408 e. The molecule has 0 spiro atoms. The summed E-state index contributed by atoms with van der Waals surface area (Å²) < 4.78 is 47.1. The molecule has 5 rings (SSSR count). The summed E-state index contributed by atoms with van der Waals surface area (Å²) >= 11 is 0. The van der Waals surface area contributed by atoms with Gasteiger partial charge in [-0.3, -0.25) is 14.4 Å². The summed E-state index contributed by atoms with van der Waals surface area (Å²) in [5, 5.41) is 40.3. The molecule has 3 fully saturated rings. The Morgan fingerprint density at radius 3 is 2.25 bits per heavy atom. The number of alkyl carbamates (subject to hydrolysis) is 1. The molecule has 67 heavy (non-hydrogen) atoms. The Balaban J connectivity index is 1.78. The average Bonchev–Trinajstić information content (AvgIpc) is 3.22. The largest absolute Gasteiger partial charge is 0.497 e. The van der Waals surface area contributed by atoms with E-state index < -0.39 is 118 Å². The lowest BCUT2D eigenvalue weighted by atomic mass is 9.44. The topological polar surface area (TPSA) is 249 Å². The monoisotopic (exact) mass is 979 g/mol. The number of hydrogen-bond donors (Lipinski definition) is 4.